The van der Waals surface area contributed by atoms with E-state index in [1.165, 1.54) is 5.57 Å². The first-order valence-electron chi connectivity index (χ1n) is 16.6. The zero-order chi connectivity index (χ0) is 41.9. The number of aliphatic imine (C=N–C) groups is 1. The van der Waals surface area contributed by atoms with Gasteiger partial charge in [-0.15, -0.1) is 0 Å². The number of nitrogens with one attached hydrogen (secondary N) is 2. The number of para-hydroxylation sites is 3. The average Bonchev–Trinajstić information content (AvgIpc) is 3.17. The Morgan fingerprint density at radius 1 is 0.509 bits per heavy atom. The third-order valence-electron chi connectivity index (χ3n) is 6.99. The van der Waals surface area contributed by atoms with E-state index in [2.05, 4.69) is 128 Å². The molecule has 5 aromatic rings. The average molecular weight is 834 g/mol. The lowest BCUT2D eigenvalue weighted by atomic mass is 9.90. The first-order valence-corrected chi connectivity index (χ1v) is 22.1. The molecule has 300 valence electrons. The van der Waals surface area contributed by atoms with Gasteiger partial charge in [0, 0.05) is 22.7 Å². The molecule has 14 nitrogen and oxygen atoms in total. The molecular weight excluding hydrogens is 791 g/mol. The quantitative estimate of drug-likeness (QED) is 0.0742. The highest BCUT2D eigenvalue weighted by Gasteiger charge is 2.12. The molecule has 0 atom stereocenters. The van der Waals surface area contributed by atoms with E-state index in [9.17, 15) is 25.3 Å². The topological polar surface area (TPSA) is 230 Å². The molecule has 0 saturated carbocycles. The maximum absolute atomic E-state index is 9.65. The molecular formula is C40H43N5O9S3. The Bertz CT molecular complexity index is 2330. The monoisotopic (exact) mass is 833 g/mol. The molecule has 0 aliphatic heterocycles. The summed E-state index contributed by atoms with van der Waals surface area (Å²) in [5, 5.41) is 6.96. The van der Waals surface area contributed by atoms with Gasteiger partial charge in [-0.05, 0) is 95.1 Å². The fourth-order valence-corrected chi connectivity index (χ4v) is 4.67. The highest BCUT2D eigenvalue weighted by Crippen LogP contribution is 2.32. The summed E-state index contributed by atoms with van der Waals surface area (Å²) in [6.07, 6.45) is 10.9. The molecule has 0 heterocycles. The van der Waals surface area contributed by atoms with Gasteiger partial charge in [0.25, 0.3) is 30.4 Å². The van der Waals surface area contributed by atoms with Crippen LogP contribution < -0.4 is 22.4 Å². The van der Waals surface area contributed by atoms with Gasteiger partial charge >= 0.3 is 0 Å². The lowest BCUT2D eigenvalue weighted by molar-refractivity contribution is 0.336. The van der Waals surface area contributed by atoms with Crippen molar-refractivity contribution >= 4 is 70.1 Å². The predicted octanol–water partition coefficient (Wildman–Crippen LogP) is 7.05. The maximum atomic E-state index is 9.65. The van der Waals surface area contributed by atoms with Crippen LogP contribution >= 0.6 is 0 Å². The van der Waals surface area contributed by atoms with Crippen LogP contribution in [0, 0.1) is 0 Å². The maximum Gasteiger partial charge on any atom is 0.280 e. The summed E-state index contributed by atoms with van der Waals surface area (Å²) in [4.78, 5) is 4.76. The number of anilines is 4. The summed E-state index contributed by atoms with van der Waals surface area (Å²) in [5.41, 5.74) is 10.7. The van der Waals surface area contributed by atoms with Crippen molar-refractivity contribution in [1.29, 1.82) is 0 Å². The Labute approximate surface area is 333 Å². The third-order valence-corrected chi connectivity index (χ3v) is 7.69. The molecule has 0 radical (unpaired) electrons. The van der Waals surface area contributed by atoms with Crippen LogP contribution in [0.5, 0.6) is 0 Å². The van der Waals surface area contributed by atoms with Gasteiger partial charge in [0.15, 0.2) is 0 Å². The molecule has 0 fully saturated rings. The summed E-state index contributed by atoms with van der Waals surface area (Å²) < 4.78 is 71.3. The molecule has 0 amide bonds. The number of nitrogens with two attached hydrogens (primary N) is 2. The number of hydrogen-bond acceptors (Lipinski definition) is 13. The van der Waals surface area contributed by atoms with Gasteiger partial charge in [0.05, 0.1) is 30.2 Å². The largest absolute Gasteiger partial charge is 0.356 e. The van der Waals surface area contributed by atoms with Gasteiger partial charge in [0.2, 0.25) is 0 Å². The van der Waals surface area contributed by atoms with Crippen molar-refractivity contribution in [3.8, 4) is 0 Å². The first kappa shape index (κ1) is 45.6. The molecule has 0 spiro atoms. The molecule has 1 aliphatic carbocycles. The van der Waals surface area contributed by atoms with E-state index in [0.717, 1.165) is 63.4 Å². The smallest absolute Gasteiger partial charge is 0.280 e. The summed E-state index contributed by atoms with van der Waals surface area (Å²) in [6.45, 7) is 0. The van der Waals surface area contributed by atoms with Gasteiger partial charge < -0.3 is 10.6 Å². The zero-order valence-electron chi connectivity index (χ0n) is 31.1. The Morgan fingerprint density at radius 3 is 1.12 bits per heavy atom. The second-order valence-corrected chi connectivity index (χ2v) is 16.5. The summed E-state index contributed by atoms with van der Waals surface area (Å²) in [5.74, 6) is 8.44. The number of nitrogens with zero attached hydrogens (tertiary/aromatic N) is 1. The van der Waals surface area contributed by atoms with Crippen LogP contribution in [0.2, 0.25) is 0 Å². The highest BCUT2D eigenvalue weighted by atomic mass is 32.2. The highest BCUT2D eigenvalue weighted by molar-refractivity contribution is 7.86. The third kappa shape index (κ3) is 19.1. The van der Waals surface area contributed by atoms with Crippen molar-refractivity contribution in [3.05, 3.63) is 181 Å². The van der Waals surface area contributed by atoms with Crippen LogP contribution in [-0.2, 0) is 38.9 Å². The standard InChI is InChI=1S/C37H29N3.2CH5NO3S.CH4O3S/c1-4-10-31(11-5-1)38-34-22-16-28(17-23-34)37(29-18-24-35(25-19-29)39-32-12-6-2-7-13-32)30-20-26-36(27-21-30)40-33-14-8-3-9-15-33;2*1-6(3,4)5-2;1-5(2,3)4/h1-27,38-39H;2*2H2,1H3;1H3,(H,2,3,4). The van der Waals surface area contributed by atoms with Crippen LogP contribution in [0.25, 0.3) is 5.57 Å². The van der Waals surface area contributed by atoms with Crippen LogP contribution in [0.4, 0.5) is 28.4 Å². The van der Waals surface area contributed by atoms with E-state index >= 15 is 0 Å². The van der Waals surface area contributed by atoms with Gasteiger partial charge in [-0.3, -0.25) is 4.55 Å². The number of rotatable bonds is 9. The van der Waals surface area contributed by atoms with Crippen molar-refractivity contribution < 1.29 is 38.4 Å². The lowest BCUT2D eigenvalue weighted by Gasteiger charge is -2.16. The SMILES string of the molecule is C1=CC(=C(c2ccc(Nc3ccccc3)cc2)c2ccc(Nc3ccccc3)cc2)C=CC1=Nc1ccccc1.CS(=O)(=O)O.CS(=O)(=O)ON.CS(=O)(=O)ON. The Kier molecular flexibility index (Phi) is 17.7. The summed E-state index contributed by atoms with van der Waals surface area (Å²) in [6, 6.07) is 47.7. The van der Waals surface area contributed by atoms with Crippen molar-refractivity contribution in [2.75, 3.05) is 29.4 Å². The van der Waals surface area contributed by atoms with Crippen molar-refractivity contribution in [2.45, 2.75) is 0 Å². The molecule has 6 rings (SSSR count). The first-order chi connectivity index (χ1) is 26.9. The normalized spacial score (nSPS) is 12.0. The molecule has 57 heavy (non-hydrogen) atoms. The minimum Gasteiger partial charge on any atom is -0.356 e. The zero-order valence-corrected chi connectivity index (χ0v) is 33.6. The van der Waals surface area contributed by atoms with Gasteiger partial charge in [-0.2, -0.15) is 45.6 Å². The fraction of sp³-hybridized carbons (Fsp3) is 0.0750. The van der Waals surface area contributed by atoms with Crippen molar-refractivity contribution in [3.63, 3.8) is 0 Å². The molecule has 0 saturated heterocycles. The van der Waals surface area contributed by atoms with Crippen molar-refractivity contribution in [2.24, 2.45) is 16.8 Å². The van der Waals surface area contributed by atoms with E-state index < -0.39 is 30.4 Å². The van der Waals surface area contributed by atoms with E-state index in [0.29, 0.717) is 6.26 Å². The van der Waals surface area contributed by atoms with Gasteiger partial charge in [0.1, 0.15) is 0 Å². The van der Waals surface area contributed by atoms with Crippen LogP contribution in [0.15, 0.2) is 174 Å². The van der Waals surface area contributed by atoms with Gasteiger partial charge in [-0.1, -0.05) is 91.0 Å². The molecule has 7 N–H and O–H groups in total. The second-order valence-electron chi connectivity index (χ2n) is 11.8. The van der Waals surface area contributed by atoms with E-state index in [-0.39, 0.29) is 0 Å². The van der Waals surface area contributed by atoms with Crippen LogP contribution in [0.3, 0.4) is 0 Å². The molecule has 17 heteroatoms. The minimum atomic E-state index is -3.67. The predicted molar refractivity (Wildman–Crippen MR) is 228 cm³/mol. The molecule has 0 unspecified atom stereocenters. The lowest BCUT2D eigenvalue weighted by Crippen LogP contribution is -2.07. The number of benzene rings is 5. The fourth-order valence-electron chi connectivity index (χ4n) is 4.67. The van der Waals surface area contributed by atoms with Crippen molar-refractivity contribution in [1.82, 2.24) is 0 Å². The molecule has 0 bridgehead atoms. The minimum absolute atomic E-state index is 0.715. The van der Waals surface area contributed by atoms with E-state index in [1.54, 1.807) is 0 Å². The molecule has 1 aliphatic rings. The Hall–Kier alpha value is -5.76. The second kappa shape index (κ2) is 22.1. The van der Waals surface area contributed by atoms with E-state index in [4.69, 9.17) is 9.55 Å². The molecule has 5 aromatic carbocycles. The van der Waals surface area contributed by atoms with E-state index in [1.807, 2.05) is 66.7 Å². The summed E-state index contributed by atoms with van der Waals surface area (Å²) >= 11 is 0. The Morgan fingerprint density at radius 2 is 0.807 bits per heavy atom. The van der Waals surface area contributed by atoms with Crippen LogP contribution in [-0.4, -0.2) is 54.3 Å². The Balaban J connectivity index is 0.000000431. The number of hydrogen-bond donors (Lipinski definition) is 5. The summed E-state index contributed by atoms with van der Waals surface area (Å²) in [7, 11) is -10.4. The number of allylic oxidation sites excluding steroid dienone is 5. The van der Waals surface area contributed by atoms with Crippen LogP contribution in [0.1, 0.15) is 11.1 Å². The molecule has 0 aromatic heterocycles. The van der Waals surface area contributed by atoms with Gasteiger partial charge in [-0.25, -0.2) is 4.99 Å².